The van der Waals surface area contributed by atoms with Crippen molar-refractivity contribution in [2.45, 2.75) is 18.7 Å². The Morgan fingerprint density at radius 1 is 1.00 bits per heavy atom. The van der Waals surface area contributed by atoms with E-state index in [9.17, 15) is 13.2 Å². The van der Waals surface area contributed by atoms with E-state index in [1.807, 2.05) is 13.0 Å². The molecule has 3 aromatic rings. The lowest BCUT2D eigenvalue weighted by Gasteiger charge is -2.34. The van der Waals surface area contributed by atoms with Gasteiger partial charge in [0.15, 0.2) is 0 Å². The van der Waals surface area contributed by atoms with Gasteiger partial charge in [-0.1, -0.05) is 29.4 Å². The number of benzene rings is 2. The molecular weight excluding hydrogens is 404 g/mol. The molecule has 2 heterocycles. The minimum absolute atomic E-state index is 0.126. The highest BCUT2D eigenvalue weighted by atomic mass is 32.2. The van der Waals surface area contributed by atoms with Gasteiger partial charge in [0.05, 0.1) is 4.90 Å². The molecule has 0 radical (unpaired) electrons. The zero-order valence-electron chi connectivity index (χ0n) is 16.8. The molecule has 0 unspecified atom stereocenters. The predicted octanol–water partition coefficient (Wildman–Crippen LogP) is 2.50. The van der Waals surface area contributed by atoms with Crippen molar-refractivity contribution >= 4 is 15.9 Å². The Hall–Kier alpha value is -3.04. The quantitative estimate of drug-likeness (QED) is 0.636. The van der Waals surface area contributed by atoms with Crippen molar-refractivity contribution in [2.75, 3.05) is 26.2 Å². The number of sulfonamides is 1. The van der Waals surface area contributed by atoms with Crippen LogP contribution in [0, 0.1) is 13.8 Å². The molecule has 1 fully saturated rings. The molecular formula is C21H22N4O4S. The maximum absolute atomic E-state index is 12.9. The predicted molar refractivity (Wildman–Crippen MR) is 110 cm³/mol. The largest absolute Gasteiger partial charge is 0.339 e. The van der Waals surface area contributed by atoms with Crippen molar-refractivity contribution in [3.05, 3.63) is 65.5 Å². The van der Waals surface area contributed by atoms with Gasteiger partial charge in [-0.2, -0.15) is 9.29 Å². The van der Waals surface area contributed by atoms with Crippen LogP contribution in [0.2, 0.25) is 0 Å². The Morgan fingerprint density at radius 2 is 1.70 bits per heavy atom. The number of carbonyl (C=O) groups excluding carboxylic acids is 1. The number of rotatable bonds is 4. The van der Waals surface area contributed by atoms with Crippen LogP contribution in [0.4, 0.5) is 0 Å². The Morgan fingerprint density at radius 3 is 2.30 bits per heavy atom. The van der Waals surface area contributed by atoms with E-state index in [2.05, 4.69) is 10.1 Å². The van der Waals surface area contributed by atoms with Gasteiger partial charge in [0, 0.05) is 44.2 Å². The topological polar surface area (TPSA) is 96.6 Å². The number of aryl methyl sites for hydroxylation is 2. The summed E-state index contributed by atoms with van der Waals surface area (Å²) >= 11 is 0. The van der Waals surface area contributed by atoms with Crippen molar-refractivity contribution < 1.29 is 17.7 Å². The van der Waals surface area contributed by atoms with Gasteiger partial charge in [0.2, 0.25) is 21.7 Å². The van der Waals surface area contributed by atoms with Gasteiger partial charge in [-0.25, -0.2) is 8.42 Å². The summed E-state index contributed by atoms with van der Waals surface area (Å²) in [6.07, 6.45) is 0. The van der Waals surface area contributed by atoms with Crippen LogP contribution >= 0.6 is 0 Å². The second-order valence-corrected chi connectivity index (χ2v) is 9.17. The average Bonchev–Trinajstić information content (AvgIpc) is 3.20. The van der Waals surface area contributed by atoms with Crippen molar-refractivity contribution in [1.29, 1.82) is 0 Å². The first-order chi connectivity index (χ1) is 14.3. The van der Waals surface area contributed by atoms with E-state index in [-0.39, 0.29) is 23.9 Å². The standard InChI is InChI=1S/C21H22N4O4S/c1-15-4-3-5-19(14-15)30(27,28)25-12-10-24(11-13-25)21(26)18-8-6-17(7-9-18)20-22-16(2)29-23-20/h3-9,14H,10-13H2,1-2H3. The van der Waals surface area contributed by atoms with Gasteiger partial charge < -0.3 is 9.42 Å². The number of nitrogens with zero attached hydrogens (tertiary/aromatic N) is 4. The molecule has 1 saturated heterocycles. The minimum Gasteiger partial charge on any atom is -0.339 e. The molecule has 0 atom stereocenters. The molecule has 0 N–H and O–H groups in total. The van der Waals surface area contributed by atoms with Gasteiger partial charge in [-0.05, 0) is 36.8 Å². The summed E-state index contributed by atoms with van der Waals surface area (Å²) in [5.74, 6) is 0.823. The summed E-state index contributed by atoms with van der Waals surface area (Å²) in [6, 6.07) is 13.9. The highest BCUT2D eigenvalue weighted by Crippen LogP contribution is 2.21. The van der Waals surface area contributed by atoms with E-state index in [1.165, 1.54) is 4.31 Å². The SMILES string of the molecule is Cc1cccc(S(=O)(=O)N2CCN(C(=O)c3ccc(-c4noc(C)n4)cc3)CC2)c1. The van der Waals surface area contributed by atoms with Gasteiger partial charge in [0.1, 0.15) is 0 Å². The van der Waals surface area contributed by atoms with Crippen LogP contribution in [0.15, 0.2) is 57.9 Å². The number of carbonyl (C=O) groups is 1. The first-order valence-electron chi connectivity index (χ1n) is 9.61. The molecule has 9 heteroatoms. The number of aromatic nitrogens is 2. The minimum atomic E-state index is -3.56. The van der Waals surface area contributed by atoms with Crippen molar-refractivity contribution in [2.24, 2.45) is 0 Å². The van der Waals surface area contributed by atoms with Crippen LogP contribution in [-0.4, -0.2) is 59.8 Å². The Kier molecular flexibility index (Phi) is 5.40. The summed E-state index contributed by atoms with van der Waals surface area (Å²) in [4.78, 5) is 19.0. The highest BCUT2D eigenvalue weighted by Gasteiger charge is 2.30. The van der Waals surface area contributed by atoms with Crippen LogP contribution < -0.4 is 0 Å². The number of amides is 1. The van der Waals surface area contributed by atoms with Gasteiger partial charge in [-0.15, -0.1) is 0 Å². The fraction of sp³-hybridized carbons (Fsp3) is 0.286. The third-order valence-electron chi connectivity index (χ3n) is 5.07. The highest BCUT2D eigenvalue weighted by molar-refractivity contribution is 7.89. The van der Waals surface area contributed by atoms with E-state index in [0.29, 0.717) is 30.4 Å². The fourth-order valence-electron chi connectivity index (χ4n) is 3.42. The molecule has 0 spiro atoms. The molecule has 1 amide bonds. The van der Waals surface area contributed by atoms with Crippen LogP contribution in [0.25, 0.3) is 11.4 Å². The Balaban J connectivity index is 1.42. The van der Waals surface area contributed by atoms with Crippen LogP contribution in [0.1, 0.15) is 21.8 Å². The monoisotopic (exact) mass is 426 g/mol. The summed E-state index contributed by atoms with van der Waals surface area (Å²) in [5.41, 5.74) is 2.19. The van der Waals surface area contributed by atoms with Crippen LogP contribution in [0.5, 0.6) is 0 Å². The van der Waals surface area contributed by atoms with Gasteiger partial charge >= 0.3 is 0 Å². The first kappa shape index (κ1) is 20.2. The maximum atomic E-state index is 12.9. The first-order valence-corrected chi connectivity index (χ1v) is 11.1. The van der Waals surface area contributed by atoms with Crippen LogP contribution in [0.3, 0.4) is 0 Å². The molecule has 0 bridgehead atoms. The summed E-state index contributed by atoms with van der Waals surface area (Å²) in [6.45, 7) is 4.80. The van der Waals surface area contributed by atoms with Crippen LogP contribution in [-0.2, 0) is 10.0 Å². The lowest BCUT2D eigenvalue weighted by atomic mass is 10.1. The molecule has 1 aromatic heterocycles. The summed E-state index contributed by atoms with van der Waals surface area (Å²) < 4.78 is 32.1. The smallest absolute Gasteiger partial charge is 0.253 e. The van der Waals surface area contributed by atoms with E-state index >= 15 is 0 Å². The zero-order chi connectivity index (χ0) is 21.3. The van der Waals surface area contributed by atoms with E-state index in [4.69, 9.17) is 4.52 Å². The van der Waals surface area contributed by atoms with Crippen molar-refractivity contribution in [3.63, 3.8) is 0 Å². The third-order valence-corrected chi connectivity index (χ3v) is 6.97. The van der Waals surface area contributed by atoms with E-state index < -0.39 is 10.0 Å². The summed E-state index contributed by atoms with van der Waals surface area (Å²) in [7, 11) is -3.56. The molecule has 1 aliphatic heterocycles. The van der Waals surface area contributed by atoms with Crippen molar-refractivity contribution in [3.8, 4) is 11.4 Å². The second-order valence-electron chi connectivity index (χ2n) is 7.23. The molecule has 4 rings (SSSR count). The number of hydrogen-bond acceptors (Lipinski definition) is 6. The lowest BCUT2D eigenvalue weighted by molar-refractivity contribution is 0.0698. The van der Waals surface area contributed by atoms with E-state index in [0.717, 1.165) is 11.1 Å². The third kappa shape index (κ3) is 3.99. The molecule has 156 valence electrons. The molecule has 8 nitrogen and oxygen atoms in total. The normalized spacial score (nSPS) is 15.3. The molecule has 30 heavy (non-hydrogen) atoms. The molecule has 0 aliphatic carbocycles. The number of hydrogen-bond donors (Lipinski definition) is 0. The summed E-state index contributed by atoms with van der Waals surface area (Å²) in [5, 5.41) is 3.87. The zero-order valence-corrected chi connectivity index (χ0v) is 17.6. The van der Waals surface area contributed by atoms with E-state index in [1.54, 1.807) is 54.3 Å². The number of piperazine rings is 1. The Bertz CT molecular complexity index is 1160. The van der Waals surface area contributed by atoms with Gasteiger partial charge in [-0.3, -0.25) is 4.79 Å². The fourth-order valence-corrected chi connectivity index (χ4v) is 4.94. The Labute approximate surface area is 175 Å². The second kappa shape index (κ2) is 8.00. The average molecular weight is 426 g/mol. The van der Waals surface area contributed by atoms with Gasteiger partial charge in [0.25, 0.3) is 5.91 Å². The molecule has 1 aliphatic rings. The molecule has 0 saturated carbocycles. The molecule has 2 aromatic carbocycles. The van der Waals surface area contributed by atoms with Crippen molar-refractivity contribution in [1.82, 2.24) is 19.3 Å². The maximum Gasteiger partial charge on any atom is 0.253 e. The lowest BCUT2D eigenvalue weighted by Crippen LogP contribution is -2.50.